The fourth-order valence-corrected chi connectivity index (χ4v) is 8.36. The molecule has 3 aromatic carbocycles. The molecule has 4 unspecified atom stereocenters. The van der Waals surface area contributed by atoms with Crippen molar-refractivity contribution < 1.29 is 13.3 Å². The van der Waals surface area contributed by atoms with Crippen LogP contribution in [-0.4, -0.2) is 41.2 Å². The largest absolute Gasteiger partial charge is 0.501 e. The third-order valence-corrected chi connectivity index (χ3v) is 10.6. The Morgan fingerprint density at radius 1 is 0.732 bits per heavy atom. The van der Waals surface area contributed by atoms with E-state index in [4.69, 9.17) is 24.7 Å². The van der Waals surface area contributed by atoms with Gasteiger partial charge in [0, 0.05) is 37.5 Å². The lowest BCUT2D eigenvalue weighted by atomic mass is 9.69. The molecule has 0 aliphatic rings. The maximum absolute atomic E-state index is 7.45. The van der Waals surface area contributed by atoms with Crippen molar-refractivity contribution >= 4 is 8.80 Å². The molecule has 0 fully saturated rings. The molecule has 0 aliphatic heterocycles. The van der Waals surface area contributed by atoms with E-state index in [1.54, 1.807) is 7.11 Å². The van der Waals surface area contributed by atoms with Crippen LogP contribution in [0.4, 0.5) is 0 Å². The number of rotatable bonds is 19. The first kappa shape index (κ1) is 32.4. The minimum absolute atomic E-state index is 0.0303. The van der Waals surface area contributed by atoms with Gasteiger partial charge in [-0.2, -0.15) is 0 Å². The van der Waals surface area contributed by atoms with Crippen LogP contribution >= 0.6 is 0 Å². The van der Waals surface area contributed by atoms with Crippen LogP contribution in [0, 0.1) is 0 Å². The molecular formula is C35H46N2O3Si. The Morgan fingerprint density at radius 3 is 1.61 bits per heavy atom. The van der Waals surface area contributed by atoms with Crippen molar-refractivity contribution in [3.63, 3.8) is 0 Å². The van der Waals surface area contributed by atoms with Crippen molar-refractivity contribution in [2.24, 2.45) is 11.5 Å². The zero-order valence-electron chi connectivity index (χ0n) is 24.4. The SMILES string of the molecule is C=CC(CO[Si](CCCN)(OC)OC(CCN)(C(C=C)c1ccccc1)C(C=C)c1ccccc1)c1ccccc1. The summed E-state index contributed by atoms with van der Waals surface area (Å²) in [6.45, 7) is 13.9. The van der Waals surface area contributed by atoms with Gasteiger partial charge in [-0.05, 0) is 42.6 Å². The highest BCUT2D eigenvalue weighted by molar-refractivity contribution is 6.60. The van der Waals surface area contributed by atoms with E-state index >= 15 is 0 Å². The van der Waals surface area contributed by atoms with Crippen LogP contribution in [0.3, 0.4) is 0 Å². The third-order valence-electron chi connectivity index (χ3n) is 7.72. The average molecular weight is 571 g/mol. The molecule has 41 heavy (non-hydrogen) atoms. The fraction of sp³-hybridized carbons (Fsp3) is 0.314. The topological polar surface area (TPSA) is 79.7 Å². The standard InChI is InChI=1S/C35H46N2O3Si/c1-5-29(30-18-11-8-12-19-30)28-39-41(38-4,27-17-25-36)40-35(24-26-37,33(6-2)31-20-13-9-14-21-31)34(7-3)32-22-15-10-16-23-32/h5-16,18-23,29,33-34H,1-3,17,24-28,36-37H2,4H3. The molecular weight excluding hydrogens is 524 g/mol. The maximum atomic E-state index is 7.45. The van der Waals surface area contributed by atoms with Gasteiger partial charge in [0.15, 0.2) is 0 Å². The molecule has 0 saturated heterocycles. The molecule has 3 rings (SSSR count). The molecule has 4 atom stereocenters. The predicted molar refractivity (Wildman–Crippen MR) is 173 cm³/mol. The van der Waals surface area contributed by atoms with Gasteiger partial charge in [-0.3, -0.25) is 0 Å². The van der Waals surface area contributed by atoms with Gasteiger partial charge < -0.3 is 24.7 Å². The lowest BCUT2D eigenvalue weighted by molar-refractivity contribution is -0.0476. The lowest BCUT2D eigenvalue weighted by Crippen LogP contribution is -2.58. The molecule has 0 heterocycles. The van der Waals surface area contributed by atoms with Gasteiger partial charge >= 0.3 is 8.80 Å². The van der Waals surface area contributed by atoms with E-state index in [0.717, 1.165) is 16.7 Å². The van der Waals surface area contributed by atoms with E-state index in [2.05, 4.69) is 56.1 Å². The van der Waals surface area contributed by atoms with Crippen molar-refractivity contribution in [1.82, 2.24) is 0 Å². The van der Waals surface area contributed by atoms with E-state index in [1.807, 2.05) is 72.8 Å². The Hall–Kier alpha value is -3.10. The fourth-order valence-electron chi connectivity index (χ4n) is 5.64. The van der Waals surface area contributed by atoms with Gasteiger partial charge in [0.25, 0.3) is 0 Å². The number of hydrogen-bond donors (Lipinski definition) is 2. The van der Waals surface area contributed by atoms with E-state index in [0.29, 0.717) is 38.6 Å². The lowest BCUT2D eigenvalue weighted by Gasteiger charge is -2.49. The summed E-state index contributed by atoms with van der Waals surface area (Å²) in [5.74, 6) is -0.496. The van der Waals surface area contributed by atoms with Crippen molar-refractivity contribution in [3.05, 3.63) is 146 Å². The number of benzene rings is 3. The van der Waals surface area contributed by atoms with Crippen LogP contribution in [0.15, 0.2) is 129 Å². The van der Waals surface area contributed by atoms with Gasteiger partial charge in [-0.25, -0.2) is 0 Å². The van der Waals surface area contributed by atoms with E-state index in [9.17, 15) is 0 Å². The molecule has 0 amide bonds. The van der Waals surface area contributed by atoms with Crippen LogP contribution < -0.4 is 11.5 Å². The summed E-state index contributed by atoms with van der Waals surface area (Å²) in [7, 11) is -1.70. The first-order chi connectivity index (χ1) is 20.0. The number of hydrogen-bond acceptors (Lipinski definition) is 5. The summed E-state index contributed by atoms with van der Waals surface area (Å²) in [6, 6.07) is 31.3. The maximum Gasteiger partial charge on any atom is 0.501 e. The molecule has 0 aromatic heterocycles. The normalized spacial score (nSPS) is 16.5. The summed E-state index contributed by atoms with van der Waals surface area (Å²) in [5, 5.41) is 0. The first-order valence-corrected chi connectivity index (χ1v) is 16.3. The zero-order valence-corrected chi connectivity index (χ0v) is 25.4. The number of nitrogens with two attached hydrogens (primary N) is 2. The highest BCUT2D eigenvalue weighted by Crippen LogP contribution is 2.48. The quantitative estimate of drug-likeness (QED) is 0.120. The summed E-state index contributed by atoms with van der Waals surface area (Å²) in [6.07, 6.45) is 7.04. The van der Waals surface area contributed by atoms with Crippen LogP contribution in [-0.2, 0) is 13.3 Å². The summed E-state index contributed by atoms with van der Waals surface area (Å²) in [5.41, 5.74) is 14.8. The molecule has 0 radical (unpaired) electrons. The Labute approximate surface area is 247 Å². The zero-order chi connectivity index (χ0) is 29.6. The van der Waals surface area contributed by atoms with E-state index in [1.165, 1.54) is 0 Å². The van der Waals surface area contributed by atoms with E-state index in [-0.39, 0.29) is 17.8 Å². The smallest absolute Gasteiger partial charge is 0.377 e. The van der Waals surface area contributed by atoms with Crippen molar-refractivity contribution in [3.8, 4) is 0 Å². The van der Waals surface area contributed by atoms with Gasteiger partial charge in [-0.1, -0.05) is 109 Å². The van der Waals surface area contributed by atoms with Crippen LogP contribution in [0.5, 0.6) is 0 Å². The molecule has 4 N–H and O–H groups in total. The summed E-state index contributed by atoms with van der Waals surface area (Å²) < 4.78 is 20.6. The van der Waals surface area contributed by atoms with Crippen LogP contribution in [0.2, 0.25) is 6.04 Å². The van der Waals surface area contributed by atoms with Crippen molar-refractivity contribution in [2.45, 2.75) is 42.2 Å². The van der Waals surface area contributed by atoms with Gasteiger partial charge in [-0.15, -0.1) is 19.7 Å². The first-order valence-electron chi connectivity index (χ1n) is 14.3. The molecule has 218 valence electrons. The Kier molecular flexibility index (Phi) is 12.9. The summed E-state index contributed by atoms with van der Waals surface area (Å²) in [4.78, 5) is 0. The predicted octanol–water partition coefficient (Wildman–Crippen LogP) is 6.95. The average Bonchev–Trinajstić information content (AvgIpc) is 3.02. The van der Waals surface area contributed by atoms with Crippen LogP contribution in [0.25, 0.3) is 0 Å². The molecule has 0 bridgehead atoms. The molecule has 3 aromatic rings. The molecule has 5 nitrogen and oxygen atoms in total. The molecule has 0 aliphatic carbocycles. The van der Waals surface area contributed by atoms with Gasteiger partial charge in [0.2, 0.25) is 0 Å². The second-order valence-corrected chi connectivity index (χ2v) is 13.0. The Balaban J connectivity index is 2.18. The Bertz CT molecular complexity index is 1140. The van der Waals surface area contributed by atoms with Crippen molar-refractivity contribution in [1.29, 1.82) is 0 Å². The summed E-state index contributed by atoms with van der Waals surface area (Å²) >= 11 is 0. The van der Waals surface area contributed by atoms with E-state index < -0.39 is 14.4 Å². The highest BCUT2D eigenvalue weighted by Gasteiger charge is 2.54. The molecule has 6 heteroatoms. The molecule has 0 spiro atoms. The minimum atomic E-state index is -3.38. The second-order valence-electron chi connectivity index (χ2n) is 10.2. The third kappa shape index (κ3) is 8.01. The van der Waals surface area contributed by atoms with Gasteiger partial charge in [0.05, 0.1) is 5.60 Å². The molecule has 0 saturated carbocycles. The van der Waals surface area contributed by atoms with Crippen LogP contribution in [0.1, 0.15) is 47.3 Å². The van der Waals surface area contributed by atoms with Crippen molar-refractivity contribution in [2.75, 3.05) is 26.8 Å². The minimum Gasteiger partial charge on any atom is -0.377 e. The Morgan fingerprint density at radius 2 is 1.22 bits per heavy atom. The monoisotopic (exact) mass is 570 g/mol. The second kappa shape index (κ2) is 16.4. The van der Waals surface area contributed by atoms with Gasteiger partial charge in [0.1, 0.15) is 0 Å². The highest BCUT2D eigenvalue weighted by atomic mass is 28.4.